The van der Waals surface area contributed by atoms with Crippen molar-refractivity contribution in [3.63, 3.8) is 0 Å². The van der Waals surface area contributed by atoms with Gasteiger partial charge in [0, 0.05) is 29.5 Å². The van der Waals surface area contributed by atoms with Gasteiger partial charge in [-0.3, -0.25) is 14.6 Å². The molecule has 0 aliphatic carbocycles. The van der Waals surface area contributed by atoms with E-state index in [1.165, 1.54) is 4.90 Å². The van der Waals surface area contributed by atoms with Crippen molar-refractivity contribution in [3.05, 3.63) is 99.8 Å². The Morgan fingerprint density at radius 2 is 1.91 bits per heavy atom. The average Bonchev–Trinajstić information content (AvgIpc) is 3.10. The zero-order chi connectivity index (χ0) is 24.9. The van der Waals surface area contributed by atoms with Crippen molar-refractivity contribution in [2.75, 3.05) is 6.61 Å². The number of aliphatic hydroxyl groups is 1. The van der Waals surface area contributed by atoms with Crippen LogP contribution >= 0.6 is 11.6 Å². The zero-order valence-electron chi connectivity index (χ0n) is 19.7. The quantitative estimate of drug-likeness (QED) is 0.185. The van der Waals surface area contributed by atoms with E-state index in [9.17, 15) is 14.7 Å². The maximum absolute atomic E-state index is 13.2. The van der Waals surface area contributed by atoms with Crippen molar-refractivity contribution in [1.82, 2.24) is 9.88 Å². The third kappa shape index (κ3) is 5.23. The molecule has 1 atom stereocenters. The maximum Gasteiger partial charge on any atom is 0.295 e. The van der Waals surface area contributed by atoms with E-state index in [1.54, 1.807) is 54.9 Å². The second kappa shape index (κ2) is 10.7. The Morgan fingerprint density at radius 1 is 1.14 bits per heavy atom. The van der Waals surface area contributed by atoms with E-state index in [0.717, 1.165) is 24.0 Å². The summed E-state index contributed by atoms with van der Waals surface area (Å²) < 4.78 is 5.77. The predicted octanol–water partition coefficient (Wildman–Crippen LogP) is 5.84. The van der Waals surface area contributed by atoms with Crippen LogP contribution in [0.5, 0.6) is 5.75 Å². The number of ketones is 1. The number of hydrogen-bond donors (Lipinski definition) is 1. The van der Waals surface area contributed by atoms with Crippen molar-refractivity contribution in [2.45, 2.75) is 39.3 Å². The summed E-state index contributed by atoms with van der Waals surface area (Å²) in [4.78, 5) is 32.0. The molecule has 0 saturated carbocycles. The normalized spacial score (nSPS) is 17.1. The lowest BCUT2D eigenvalue weighted by molar-refractivity contribution is -0.140. The fraction of sp³-hybridized carbons (Fsp3) is 0.250. The number of benzene rings is 2. The second-order valence-electron chi connectivity index (χ2n) is 8.52. The van der Waals surface area contributed by atoms with Crippen LogP contribution in [0.1, 0.15) is 48.1 Å². The highest BCUT2D eigenvalue weighted by Gasteiger charge is 2.46. The molecular weight excluding hydrogens is 464 g/mol. The van der Waals surface area contributed by atoms with Gasteiger partial charge in [-0.1, -0.05) is 43.1 Å². The fourth-order valence-electron chi connectivity index (χ4n) is 4.19. The van der Waals surface area contributed by atoms with Crippen molar-refractivity contribution in [2.24, 2.45) is 0 Å². The minimum atomic E-state index is -0.771. The SMILES string of the molecule is CCCCOc1ccc(/C(O)=C2\C(=O)C(=O)N(Cc3cccnc3)[C@H]2c2ccc(Cl)cc2)c(C)c1. The number of aliphatic hydroxyl groups excluding tert-OH is 1. The molecule has 0 radical (unpaired) electrons. The van der Waals surface area contributed by atoms with E-state index in [2.05, 4.69) is 11.9 Å². The molecule has 35 heavy (non-hydrogen) atoms. The number of carbonyl (C=O) groups is 2. The van der Waals surface area contributed by atoms with E-state index in [-0.39, 0.29) is 17.9 Å². The van der Waals surface area contributed by atoms with Gasteiger partial charge in [-0.2, -0.15) is 0 Å². The number of Topliss-reactive ketones (excluding diaryl/α,β-unsaturated/α-hetero) is 1. The lowest BCUT2D eigenvalue weighted by atomic mass is 9.94. The van der Waals surface area contributed by atoms with E-state index in [0.29, 0.717) is 28.5 Å². The molecule has 7 heteroatoms. The van der Waals surface area contributed by atoms with Gasteiger partial charge in [-0.05, 0) is 66.4 Å². The summed E-state index contributed by atoms with van der Waals surface area (Å²) in [6.45, 7) is 4.71. The molecule has 1 amide bonds. The summed E-state index contributed by atoms with van der Waals surface area (Å²) in [5, 5.41) is 11.9. The number of ether oxygens (including phenoxy) is 1. The Balaban J connectivity index is 1.78. The second-order valence-corrected chi connectivity index (χ2v) is 8.95. The summed E-state index contributed by atoms with van der Waals surface area (Å²) in [5.41, 5.74) is 2.72. The molecule has 0 bridgehead atoms. The van der Waals surface area contributed by atoms with Crippen LogP contribution in [0.2, 0.25) is 5.02 Å². The van der Waals surface area contributed by atoms with Gasteiger partial charge in [0.2, 0.25) is 0 Å². The summed E-state index contributed by atoms with van der Waals surface area (Å²) in [6, 6.07) is 15.1. The number of unbranched alkanes of at least 4 members (excludes halogenated alkanes) is 1. The van der Waals surface area contributed by atoms with Crippen molar-refractivity contribution in [3.8, 4) is 5.75 Å². The topological polar surface area (TPSA) is 79.7 Å². The predicted molar refractivity (Wildman–Crippen MR) is 135 cm³/mol. The molecule has 3 aromatic rings. The molecule has 180 valence electrons. The van der Waals surface area contributed by atoms with Crippen LogP contribution < -0.4 is 4.74 Å². The van der Waals surface area contributed by atoms with Crippen LogP contribution in [-0.2, 0) is 16.1 Å². The van der Waals surface area contributed by atoms with Crippen molar-refractivity contribution < 1.29 is 19.4 Å². The molecule has 1 fully saturated rings. The van der Waals surface area contributed by atoms with E-state index in [4.69, 9.17) is 16.3 Å². The van der Waals surface area contributed by atoms with E-state index in [1.807, 2.05) is 19.1 Å². The number of nitrogens with zero attached hydrogens (tertiary/aromatic N) is 2. The first-order valence-electron chi connectivity index (χ1n) is 11.6. The molecule has 1 aromatic heterocycles. The molecule has 0 spiro atoms. The number of likely N-dealkylation sites (tertiary alicyclic amines) is 1. The van der Waals surface area contributed by atoms with Crippen molar-refractivity contribution in [1.29, 1.82) is 0 Å². The van der Waals surface area contributed by atoms with Crippen LogP contribution in [0.4, 0.5) is 0 Å². The standard InChI is InChI=1S/C28H27ClN2O4/c1-3-4-14-35-22-11-12-23(18(2)15-22)26(32)24-25(20-7-9-21(29)10-8-20)31(28(34)27(24)33)17-19-6-5-13-30-16-19/h5-13,15-16,25,32H,3-4,14,17H2,1-2H3/b26-24+/t25-/m0/s1. The molecular formula is C28H27ClN2O4. The Labute approximate surface area is 209 Å². The number of aryl methyl sites for hydroxylation is 1. The third-order valence-corrected chi connectivity index (χ3v) is 6.27. The van der Waals surface area contributed by atoms with Crippen LogP contribution in [0.3, 0.4) is 0 Å². The van der Waals surface area contributed by atoms with Crippen LogP contribution in [0.15, 0.2) is 72.6 Å². The summed E-state index contributed by atoms with van der Waals surface area (Å²) in [6.07, 6.45) is 5.27. The van der Waals surface area contributed by atoms with Gasteiger partial charge in [0.25, 0.3) is 11.7 Å². The number of hydrogen-bond acceptors (Lipinski definition) is 5. The molecule has 4 rings (SSSR count). The number of rotatable bonds is 8. The molecule has 6 nitrogen and oxygen atoms in total. The minimum Gasteiger partial charge on any atom is -0.507 e. The Bertz CT molecular complexity index is 1260. The van der Waals surface area contributed by atoms with Gasteiger partial charge in [-0.25, -0.2) is 0 Å². The monoisotopic (exact) mass is 490 g/mol. The molecule has 2 heterocycles. The number of aromatic nitrogens is 1. The lowest BCUT2D eigenvalue weighted by Gasteiger charge is -2.25. The van der Waals surface area contributed by atoms with E-state index >= 15 is 0 Å². The number of amides is 1. The largest absolute Gasteiger partial charge is 0.507 e. The van der Waals surface area contributed by atoms with Gasteiger partial charge in [0.1, 0.15) is 11.5 Å². The first-order chi connectivity index (χ1) is 16.9. The van der Waals surface area contributed by atoms with Gasteiger partial charge in [-0.15, -0.1) is 0 Å². The molecule has 1 aliphatic rings. The molecule has 2 aromatic carbocycles. The highest BCUT2D eigenvalue weighted by Crippen LogP contribution is 2.41. The number of halogens is 1. The van der Waals surface area contributed by atoms with Crippen LogP contribution in [0.25, 0.3) is 5.76 Å². The third-order valence-electron chi connectivity index (χ3n) is 6.02. The zero-order valence-corrected chi connectivity index (χ0v) is 20.5. The maximum atomic E-state index is 13.2. The fourth-order valence-corrected chi connectivity index (χ4v) is 4.32. The molecule has 0 unspecified atom stereocenters. The van der Waals surface area contributed by atoms with Gasteiger partial charge in [0.05, 0.1) is 18.2 Å². The average molecular weight is 491 g/mol. The van der Waals surface area contributed by atoms with Crippen LogP contribution in [-0.4, -0.2) is 33.3 Å². The number of carbonyl (C=O) groups excluding carboxylic acids is 2. The van der Waals surface area contributed by atoms with E-state index < -0.39 is 17.7 Å². The highest BCUT2D eigenvalue weighted by atomic mass is 35.5. The van der Waals surface area contributed by atoms with Gasteiger partial charge < -0.3 is 14.7 Å². The number of pyridine rings is 1. The van der Waals surface area contributed by atoms with Gasteiger partial charge >= 0.3 is 0 Å². The molecule has 1 N–H and O–H groups in total. The highest BCUT2D eigenvalue weighted by molar-refractivity contribution is 6.46. The smallest absolute Gasteiger partial charge is 0.295 e. The lowest BCUT2D eigenvalue weighted by Crippen LogP contribution is -2.29. The Hall–Kier alpha value is -3.64. The first kappa shape index (κ1) is 24.5. The summed E-state index contributed by atoms with van der Waals surface area (Å²) >= 11 is 6.09. The van der Waals surface area contributed by atoms with Crippen LogP contribution in [0, 0.1) is 6.92 Å². The molecule has 1 saturated heterocycles. The Kier molecular flexibility index (Phi) is 7.51. The van der Waals surface area contributed by atoms with Gasteiger partial charge in [0.15, 0.2) is 0 Å². The van der Waals surface area contributed by atoms with Crippen molar-refractivity contribution >= 4 is 29.1 Å². The summed E-state index contributed by atoms with van der Waals surface area (Å²) in [5.74, 6) is -0.921. The minimum absolute atomic E-state index is 0.0453. The Morgan fingerprint density at radius 3 is 2.57 bits per heavy atom. The first-order valence-corrected chi connectivity index (χ1v) is 11.9. The summed E-state index contributed by atoms with van der Waals surface area (Å²) in [7, 11) is 0. The molecule has 1 aliphatic heterocycles.